The average molecular weight is 287 g/mol. The van der Waals surface area contributed by atoms with E-state index in [0.717, 1.165) is 18.4 Å². The molecule has 1 unspecified atom stereocenters. The van der Waals surface area contributed by atoms with E-state index in [4.69, 9.17) is 15.0 Å². The Morgan fingerprint density at radius 3 is 2.71 bits per heavy atom. The summed E-state index contributed by atoms with van der Waals surface area (Å²) in [7, 11) is 0. The summed E-state index contributed by atoms with van der Waals surface area (Å²) in [6, 6.07) is 9.94. The second-order valence-electron chi connectivity index (χ2n) is 5.69. The number of aromatic nitrogens is 2. The highest BCUT2D eigenvalue weighted by Gasteiger charge is 2.35. The first kappa shape index (κ1) is 14.2. The number of benzene rings is 1. The van der Waals surface area contributed by atoms with Gasteiger partial charge in [-0.3, -0.25) is 0 Å². The second-order valence-corrected chi connectivity index (χ2v) is 5.69. The fourth-order valence-electron chi connectivity index (χ4n) is 2.67. The fraction of sp³-hybridized carbons (Fsp3) is 0.500. The zero-order chi connectivity index (χ0) is 14.7. The molecule has 1 aliphatic carbocycles. The fourth-order valence-corrected chi connectivity index (χ4v) is 2.67. The number of nitrogens with zero attached hydrogens (tertiary/aromatic N) is 2. The summed E-state index contributed by atoms with van der Waals surface area (Å²) in [4.78, 5) is 4.49. The molecule has 1 aliphatic rings. The molecule has 3 rings (SSSR count). The van der Waals surface area contributed by atoms with Gasteiger partial charge in [0.2, 0.25) is 11.7 Å². The molecule has 2 aromatic rings. The van der Waals surface area contributed by atoms with Gasteiger partial charge in [-0.15, -0.1) is 0 Å². The van der Waals surface area contributed by atoms with Crippen molar-refractivity contribution < 1.29 is 9.26 Å². The molecule has 1 saturated carbocycles. The summed E-state index contributed by atoms with van der Waals surface area (Å²) >= 11 is 0. The molecule has 2 N–H and O–H groups in total. The van der Waals surface area contributed by atoms with Gasteiger partial charge in [0.15, 0.2) is 0 Å². The summed E-state index contributed by atoms with van der Waals surface area (Å²) in [6.07, 6.45) is 3.59. The van der Waals surface area contributed by atoms with E-state index < -0.39 is 0 Å². The van der Waals surface area contributed by atoms with E-state index in [2.05, 4.69) is 10.1 Å². The van der Waals surface area contributed by atoms with E-state index in [1.165, 1.54) is 6.42 Å². The van der Waals surface area contributed by atoms with Gasteiger partial charge in [-0.05, 0) is 31.7 Å². The molecule has 112 valence electrons. The molecule has 5 nitrogen and oxygen atoms in total. The van der Waals surface area contributed by atoms with Crippen LogP contribution in [0.25, 0.3) is 0 Å². The van der Waals surface area contributed by atoms with Gasteiger partial charge in [-0.25, -0.2) is 0 Å². The molecule has 1 aromatic carbocycles. The van der Waals surface area contributed by atoms with Crippen LogP contribution in [0, 0.1) is 0 Å². The minimum Gasteiger partial charge on any atom is -0.366 e. The van der Waals surface area contributed by atoms with Crippen molar-refractivity contribution in [1.82, 2.24) is 10.1 Å². The van der Waals surface area contributed by atoms with Crippen LogP contribution in [-0.2, 0) is 11.2 Å². The van der Waals surface area contributed by atoms with Crippen molar-refractivity contribution in [2.45, 2.75) is 44.2 Å². The van der Waals surface area contributed by atoms with Gasteiger partial charge in [0.05, 0.1) is 0 Å². The van der Waals surface area contributed by atoms with E-state index in [1.807, 2.05) is 37.3 Å². The van der Waals surface area contributed by atoms with Crippen molar-refractivity contribution in [2.75, 3.05) is 6.61 Å². The van der Waals surface area contributed by atoms with Crippen LogP contribution in [-0.4, -0.2) is 22.3 Å². The molecule has 0 saturated heterocycles. The highest BCUT2D eigenvalue weighted by Crippen LogP contribution is 2.32. The van der Waals surface area contributed by atoms with Crippen molar-refractivity contribution in [3.63, 3.8) is 0 Å². The Bertz CT molecular complexity index is 578. The summed E-state index contributed by atoms with van der Waals surface area (Å²) in [5.74, 6) is 1.17. The number of ether oxygens (including phenoxy) is 1. The third-order valence-electron chi connectivity index (χ3n) is 4.01. The highest BCUT2D eigenvalue weighted by molar-refractivity contribution is 5.22. The summed E-state index contributed by atoms with van der Waals surface area (Å²) in [6.45, 7) is 2.55. The molecule has 0 aliphatic heterocycles. The number of rotatable bonds is 6. The van der Waals surface area contributed by atoms with Crippen molar-refractivity contribution in [3.05, 3.63) is 47.6 Å². The monoisotopic (exact) mass is 287 g/mol. The maximum Gasteiger partial charge on any atom is 0.228 e. The SMILES string of the molecule is CCOC(c1ccccc1)c1noc(CC2(N)CCC2)n1. The molecule has 1 heterocycles. The lowest BCUT2D eigenvalue weighted by Gasteiger charge is -2.36. The van der Waals surface area contributed by atoms with Crippen LogP contribution in [0.1, 0.15) is 49.6 Å². The molecule has 0 bridgehead atoms. The van der Waals surface area contributed by atoms with E-state index in [0.29, 0.717) is 24.7 Å². The Labute approximate surface area is 124 Å². The van der Waals surface area contributed by atoms with Gasteiger partial charge in [-0.1, -0.05) is 35.5 Å². The van der Waals surface area contributed by atoms with E-state index in [-0.39, 0.29) is 11.6 Å². The molecule has 21 heavy (non-hydrogen) atoms. The van der Waals surface area contributed by atoms with Gasteiger partial charge >= 0.3 is 0 Å². The lowest BCUT2D eigenvalue weighted by Crippen LogP contribution is -2.48. The lowest BCUT2D eigenvalue weighted by molar-refractivity contribution is 0.0833. The minimum atomic E-state index is -0.288. The third-order valence-corrected chi connectivity index (χ3v) is 4.01. The summed E-state index contributed by atoms with van der Waals surface area (Å²) < 4.78 is 11.1. The van der Waals surface area contributed by atoms with Crippen LogP contribution < -0.4 is 5.73 Å². The molecule has 0 spiro atoms. The highest BCUT2D eigenvalue weighted by atomic mass is 16.5. The Kier molecular flexibility index (Phi) is 4.03. The number of nitrogens with two attached hydrogens (primary N) is 1. The average Bonchev–Trinajstić information content (AvgIpc) is 2.92. The van der Waals surface area contributed by atoms with Crippen LogP contribution >= 0.6 is 0 Å². The van der Waals surface area contributed by atoms with Crippen LogP contribution in [0.3, 0.4) is 0 Å². The Hall–Kier alpha value is -1.72. The van der Waals surface area contributed by atoms with E-state index in [9.17, 15) is 0 Å². The van der Waals surface area contributed by atoms with Crippen LogP contribution in [0.5, 0.6) is 0 Å². The Morgan fingerprint density at radius 2 is 2.10 bits per heavy atom. The van der Waals surface area contributed by atoms with Crippen molar-refractivity contribution in [2.24, 2.45) is 5.73 Å². The molecule has 1 aromatic heterocycles. The van der Waals surface area contributed by atoms with Gasteiger partial charge in [0.25, 0.3) is 0 Å². The molecule has 5 heteroatoms. The summed E-state index contributed by atoms with van der Waals surface area (Å²) in [5, 5.41) is 4.09. The van der Waals surface area contributed by atoms with Crippen molar-refractivity contribution >= 4 is 0 Å². The third kappa shape index (κ3) is 3.14. The van der Waals surface area contributed by atoms with Crippen LogP contribution in [0.2, 0.25) is 0 Å². The minimum absolute atomic E-state index is 0.155. The van der Waals surface area contributed by atoms with E-state index in [1.54, 1.807) is 0 Å². The van der Waals surface area contributed by atoms with Gasteiger partial charge in [0, 0.05) is 18.6 Å². The topological polar surface area (TPSA) is 74.2 Å². The number of hydrogen-bond acceptors (Lipinski definition) is 5. The van der Waals surface area contributed by atoms with E-state index >= 15 is 0 Å². The standard InChI is InChI=1S/C16H21N3O2/c1-2-20-14(12-7-4-3-5-8-12)15-18-13(21-19-15)11-16(17)9-6-10-16/h3-5,7-8,14H,2,6,9-11,17H2,1H3. The second kappa shape index (κ2) is 5.95. The molecule has 1 fully saturated rings. The van der Waals surface area contributed by atoms with Crippen LogP contribution in [0.15, 0.2) is 34.9 Å². The smallest absolute Gasteiger partial charge is 0.228 e. The molecular formula is C16H21N3O2. The molecule has 0 radical (unpaired) electrons. The first-order valence-corrected chi connectivity index (χ1v) is 7.48. The van der Waals surface area contributed by atoms with Crippen molar-refractivity contribution in [1.29, 1.82) is 0 Å². The molecule has 1 atom stereocenters. The Morgan fingerprint density at radius 1 is 1.33 bits per heavy atom. The molecular weight excluding hydrogens is 266 g/mol. The normalized spacial score (nSPS) is 18.2. The molecule has 0 amide bonds. The first-order valence-electron chi connectivity index (χ1n) is 7.48. The van der Waals surface area contributed by atoms with Crippen molar-refractivity contribution in [3.8, 4) is 0 Å². The predicted octanol–water partition coefficient (Wildman–Crippen LogP) is 2.62. The largest absolute Gasteiger partial charge is 0.366 e. The maximum absolute atomic E-state index is 6.23. The predicted molar refractivity (Wildman–Crippen MR) is 78.7 cm³/mol. The number of hydrogen-bond donors (Lipinski definition) is 1. The van der Waals surface area contributed by atoms with Gasteiger partial charge in [0.1, 0.15) is 6.10 Å². The van der Waals surface area contributed by atoms with Crippen LogP contribution in [0.4, 0.5) is 0 Å². The quantitative estimate of drug-likeness (QED) is 0.884. The van der Waals surface area contributed by atoms with Gasteiger partial charge < -0.3 is 15.0 Å². The Balaban J connectivity index is 1.78. The maximum atomic E-state index is 6.23. The first-order chi connectivity index (χ1) is 10.2. The summed E-state index contributed by atoms with van der Waals surface area (Å²) in [5.41, 5.74) is 7.10. The zero-order valence-corrected chi connectivity index (χ0v) is 12.3. The zero-order valence-electron chi connectivity index (χ0n) is 12.3. The lowest BCUT2D eigenvalue weighted by atomic mass is 9.75. The van der Waals surface area contributed by atoms with Gasteiger partial charge in [-0.2, -0.15) is 4.98 Å².